The fourth-order valence-electron chi connectivity index (χ4n) is 4.70. The number of hydrogen-bond donors (Lipinski definition) is 0. The van der Waals surface area contributed by atoms with E-state index in [2.05, 4.69) is 148 Å². The van der Waals surface area contributed by atoms with E-state index in [-0.39, 0.29) is 22.0 Å². The van der Waals surface area contributed by atoms with Gasteiger partial charge in [0.25, 0.3) is 0 Å². The molecule has 37 heavy (non-hydrogen) atoms. The highest BCUT2D eigenvalue weighted by Crippen LogP contribution is 2.39. The van der Waals surface area contributed by atoms with Gasteiger partial charge in [-0.2, -0.15) is 0 Å². The normalized spacial score (nSPS) is 17.2. The van der Waals surface area contributed by atoms with E-state index in [1.165, 1.54) is 16.7 Å². The van der Waals surface area contributed by atoms with Gasteiger partial charge in [0.05, 0.1) is 11.2 Å². The summed E-state index contributed by atoms with van der Waals surface area (Å²) in [6.45, 7) is 24.1. The van der Waals surface area contributed by atoms with Crippen LogP contribution in [0, 0.1) is 6.92 Å². The largest absolute Gasteiger partial charge is 0.494 e. The van der Waals surface area contributed by atoms with Crippen molar-refractivity contribution in [3.8, 4) is 0 Å². The number of rotatable bonds is 4. The number of aryl methyl sites for hydroxylation is 1. The van der Waals surface area contributed by atoms with Gasteiger partial charge in [0.2, 0.25) is 0 Å². The van der Waals surface area contributed by atoms with E-state index in [9.17, 15) is 0 Å². The molecule has 4 rings (SSSR count). The van der Waals surface area contributed by atoms with E-state index in [1.807, 2.05) is 0 Å². The number of benzene rings is 3. The second-order valence-corrected chi connectivity index (χ2v) is 13.6. The van der Waals surface area contributed by atoms with Gasteiger partial charge in [-0.15, -0.1) is 0 Å². The summed E-state index contributed by atoms with van der Waals surface area (Å²) < 4.78 is 12.8. The Hall–Kier alpha value is -2.56. The molecule has 1 fully saturated rings. The quantitative estimate of drug-likeness (QED) is 0.338. The Labute approximate surface area is 225 Å². The van der Waals surface area contributed by atoms with Gasteiger partial charge in [0.1, 0.15) is 0 Å². The minimum Gasteiger partial charge on any atom is -0.399 e. The first-order chi connectivity index (χ1) is 17.0. The van der Waals surface area contributed by atoms with Crippen molar-refractivity contribution in [2.24, 2.45) is 0 Å². The maximum absolute atomic E-state index is 6.42. The lowest BCUT2D eigenvalue weighted by Gasteiger charge is -2.32. The van der Waals surface area contributed by atoms with Crippen molar-refractivity contribution >= 4 is 29.6 Å². The van der Waals surface area contributed by atoms with Crippen molar-refractivity contribution in [1.82, 2.24) is 0 Å². The minimum absolute atomic E-state index is 0.102. The Morgan fingerprint density at radius 2 is 1.00 bits per heavy atom. The van der Waals surface area contributed by atoms with E-state index in [4.69, 9.17) is 9.31 Å². The van der Waals surface area contributed by atoms with Gasteiger partial charge in [0.15, 0.2) is 0 Å². The molecule has 0 atom stereocenters. The molecule has 1 saturated heterocycles. The first kappa shape index (κ1) is 27.5. The van der Waals surface area contributed by atoms with E-state index >= 15 is 0 Å². The highest BCUT2D eigenvalue weighted by molar-refractivity contribution is 6.62. The van der Waals surface area contributed by atoms with Gasteiger partial charge in [-0.05, 0) is 104 Å². The van der Waals surface area contributed by atoms with E-state index in [0.717, 1.165) is 22.5 Å². The summed E-state index contributed by atoms with van der Waals surface area (Å²) in [6, 6.07) is 24.5. The van der Waals surface area contributed by atoms with Crippen molar-refractivity contribution in [2.45, 2.75) is 98.2 Å². The van der Waals surface area contributed by atoms with Crippen LogP contribution in [-0.4, -0.2) is 18.3 Å². The zero-order valence-electron chi connectivity index (χ0n) is 24.7. The van der Waals surface area contributed by atoms with Gasteiger partial charge in [-0.3, -0.25) is 0 Å². The highest BCUT2D eigenvalue weighted by atomic mass is 16.7. The molecular formula is C33H44BNO2. The first-order valence-electron chi connectivity index (χ1n) is 13.5. The summed E-state index contributed by atoms with van der Waals surface area (Å²) in [5.41, 5.74) is 7.64. The Morgan fingerprint density at radius 1 is 0.595 bits per heavy atom. The average molecular weight is 498 g/mol. The molecule has 3 nitrogen and oxygen atoms in total. The van der Waals surface area contributed by atoms with Crippen LogP contribution in [0.1, 0.15) is 85.9 Å². The zero-order chi connectivity index (χ0) is 27.4. The lowest BCUT2D eigenvalue weighted by Crippen LogP contribution is -2.41. The second-order valence-electron chi connectivity index (χ2n) is 13.6. The third-order valence-corrected chi connectivity index (χ3v) is 7.85. The van der Waals surface area contributed by atoms with Gasteiger partial charge in [0, 0.05) is 17.1 Å². The number of hydrogen-bond acceptors (Lipinski definition) is 3. The van der Waals surface area contributed by atoms with E-state index in [1.54, 1.807) is 0 Å². The van der Waals surface area contributed by atoms with Crippen molar-refractivity contribution in [2.75, 3.05) is 4.90 Å². The maximum Gasteiger partial charge on any atom is 0.494 e. The Morgan fingerprint density at radius 3 is 1.38 bits per heavy atom. The molecule has 0 radical (unpaired) electrons. The maximum atomic E-state index is 6.42. The average Bonchev–Trinajstić information content (AvgIpc) is 3.00. The molecule has 1 heterocycles. The molecule has 0 unspecified atom stereocenters. The van der Waals surface area contributed by atoms with E-state index < -0.39 is 7.12 Å². The SMILES string of the molecule is Cc1cc(B2OC(C)(C)C(C)(C)O2)cc(N(c2ccc(C(C)(C)C)cc2)c2ccc(C(C)(C)C)cc2)c1. The number of anilines is 3. The van der Waals surface area contributed by atoms with Crippen LogP contribution in [0.4, 0.5) is 17.1 Å². The first-order valence-corrected chi connectivity index (χ1v) is 13.5. The molecule has 3 aromatic rings. The summed E-state index contributed by atoms with van der Waals surface area (Å²) in [4.78, 5) is 2.33. The fraction of sp³-hybridized carbons (Fsp3) is 0.455. The van der Waals surface area contributed by atoms with Crippen molar-refractivity contribution in [1.29, 1.82) is 0 Å². The topological polar surface area (TPSA) is 21.7 Å². The third kappa shape index (κ3) is 5.66. The molecule has 0 aromatic heterocycles. The lowest BCUT2D eigenvalue weighted by molar-refractivity contribution is 0.00578. The van der Waals surface area contributed by atoms with Crippen LogP contribution < -0.4 is 10.4 Å². The van der Waals surface area contributed by atoms with Gasteiger partial charge < -0.3 is 14.2 Å². The summed E-state index contributed by atoms with van der Waals surface area (Å²) >= 11 is 0. The highest BCUT2D eigenvalue weighted by Gasteiger charge is 2.51. The molecule has 1 aliphatic heterocycles. The monoisotopic (exact) mass is 497 g/mol. The molecule has 0 spiro atoms. The van der Waals surface area contributed by atoms with E-state index in [0.29, 0.717) is 0 Å². The smallest absolute Gasteiger partial charge is 0.399 e. The van der Waals surface area contributed by atoms with Crippen LogP contribution in [0.25, 0.3) is 0 Å². The zero-order valence-corrected chi connectivity index (χ0v) is 24.7. The van der Waals surface area contributed by atoms with Crippen LogP contribution in [0.5, 0.6) is 0 Å². The molecule has 1 aliphatic rings. The number of nitrogens with zero attached hydrogens (tertiary/aromatic N) is 1. The van der Waals surface area contributed by atoms with Crippen molar-refractivity contribution in [3.63, 3.8) is 0 Å². The molecule has 0 N–H and O–H groups in total. The Balaban J connectivity index is 1.82. The predicted octanol–water partition coefficient (Wildman–Crippen LogP) is 8.36. The summed E-state index contributed by atoms with van der Waals surface area (Å²) in [6.07, 6.45) is 0. The fourth-order valence-corrected chi connectivity index (χ4v) is 4.70. The minimum atomic E-state index is -0.406. The van der Waals surface area contributed by atoms with Gasteiger partial charge in [-0.1, -0.05) is 71.9 Å². The second kappa shape index (κ2) is 9.33. The summed E-state index contributed by atoms with van der Waals surface area (Å²) in [5.74, 6) is 0. The van der Waals surface area contributed by atoms with Crippen LogP contribution in [-0.2, 0) is 20.1 Å². The van der Waals surface area contributed by atoms with Crippen LogP contribution in [0.15, 0.2) is 66.7 Å². The molecule has 4 heteroatoms. The molecular weight excluding hydrogens is 453 g/mol. The molecule has 3 aromatic carbocycles. The Bertz CT molecular complexity index is 1170. The summed E-state index contributed by atoms with van der Waals surface area (Å²) in [7, 11) is -0.406. The third-order valence-electron chi connectivity index (χ3n) is 7.85. The molecule has 0 bridgehead atoms. The van der Waals surface area contributed by atoms with Gasteiger partial charge in [-0.25, -0.2) is 0 Å². The van der Waals surface area contributed by atoms with Crippen LogP contribution in [0.2, 0.25) is 0 Å². The molecule has 0 saturated carbocycles. The van der Waals surface area contributed by atoms with Crippen LogP contribution in [0.3, 0.4) is 0 Å². The van der Waals surface area contributed by atoms with Gasteiger partial charge >= 0.3 is 7.12 Å². The molecule has 0 aliphatic carbocycles. The Kier molecular flexibility index (Phi) is 6.93. The standard InChI is InChI=1S/C33H44BNO2/c1-23-20-26(34-36-32(8,9)33(10,11)37-34)22-29(21-23)35(27-16-12-24(13-17-27)30(2,3)4)28-18-14-25(15-19-28)31(5,6)7/h12-22H,1-11H3. The molecule has 0 amide bonds. The van der Waals surface area contributed by atoms with Crippen molar-refractivity contribution < 1.29 is 9.31 Å². The summed E-state index contributed by atoms with van der Waals surface area (Å²) in [5, 5.41) is 0. The lowest BCUT2D eigenvalue weighted by atomic mass is 9.78. The predicted molar refractivity (Wildman–Crippen MR) is 159 cm³/mol. The van der Waals surface area contributed by atoms with Crippen LogP contribution >= 0.6 is 0 Å². The van der Waals surface area contributed by atoms with Crippen molar-refractivity contribution in [3.05, 3.63) is 83.4 Å². The molecule has 196 valence electrons.